The SMILES string of the molecule is Cc1noc(NC(=O)C(N)Cc2ccc(O)cc2)c1C. The molecule has 0 saturated carbocycles. The molecule has 0 aliphatic rings. The lowest BCUT2D eigenvalue weighted by Gasteiger charge is -2.11. The van der Waals surface area contributed by atoms with Crippen LogP contribution in [-0.2, 0) is 11.2 Å². The van der Waals surface area contributed by atoms with Crippen LogP contribution in [0.1, 0.15) is 16.8 Å². The molecule has 0 saturated heterocycles. The van der Waals surface area contributed by atoms with E-state index in [1.165, 1.54) is 0 Å². The molecule has 0 aliphatic carbocycles. The van der Waals surface area contributed by atoms with Crippen molar-refractivity contribution in [3.05, 3.63) is 41.1 Å². The first-order valence-corrected chi connectivity index (χ1v) is 6.24. The van der Waals surface area contributed by atoms with Gasteiger partial charge in [0.25, 0.3) is 0 Å². The first-order valence-electron chi connectivity index (χ1n) is 6.24. The molecule has 0 fully saturated rings. The van der Waals surface area contributed by atoms with Gasteiger partial charge in [0.05, 0.1) is 11.7 Å². The van der Waals surface area contributed by atoms with Crippen molar-refractivity contribution in [2.24, 2.45) is 5.73 Å². The topological polar surface area (TPSA) is 101 Å². The number of hydrogen-bond acceptors (Lipinski definition) is 5. The van der Waals surface area contributed by atoms with E-state index in [9.17, 15) is 9.90 Å². The number of rotatable bonds is 4. The van der Waals surface area contributed by atoms with E-state index in [1.807, 2.05) is 6.92 Å². The molecule has 1 aromatic carbocycles. The van der Waals surface area contributed by atoms with Crippen molar-refractivity contribution in [1.82, 2.24) is 5.16 Å². The lowest BCUT2D eigenvalue weighted by Crippen LogP contribution is -2.37. The van der Waals surface area contributed by atoms with Gasteiger partial charge in [-0.2, -0.15) is 0 Å². The van der Waals surface area contributed by atoms with Gasteiger partial charge in [0.1, 0.15) is 5.75 Å². The number of anilines is 1. The van der Waals surface area contributed by atoms with Crippen LogP contribution >= 0.6 is 0 Å². The predicted octanol–water partition coefficient (Wildman–Crippen LogP) is 1.51. The minimum atomic E-state index is -0.704. The molecule has 1 aromatic heterocycles. The molecular formula is C14H17N3O3. The van der Waals surface area contributed by atoms with Crippen LogP contribution < -0.4 is 11.1 Å². The maximum absolute atomic E-state index is 12.0. The Morgan fingerprint density at radius 2 is 2.05 bits per heavy atom. The number of carbonyl (C=O) groups is 1. The normalized spacial score (nSPS) is 12.2. The fraction of sp³-hybridized carbons (Fsp3) is 0.286. The Hall–Kier alpha value is -2.34. The Morgan fingerprint density at radius 3 is 2.60 bits per heavy atom. The van der Waals surface area contributed by atoms with Crippen molar-refractivity contribution in [1.29, 1.82) is 0 Å². The van der Waals surface area contributed by atoms with Crippen LogP contribution in [0, 0.1) is 13.8 Å². The molecule has 106 valence electrons. The maximum atomic E-state index is 12.0. The van der Waals surface area contributed by atoms with Crippen LogP contribution in [0.15, 0.2) is 28.8 Å². The lowest BCUT2D eigenvalue weighted by atomic mass is 10.1. The fourth-order valence-corrected chi connectivity index (χ4v) is 1.72. The van der Waals surface area contributed by atoms with Gasteiger partial charge in [-0.05, 0) is 38.0 Å². The fourth-order valence-electron chi connectivity index (χ4n) is 1.72. The van der Waals surface area contributed by atoms with E-state index in [4.69, 9.17) is 10.3 Å². The summed E-state index contributed by atoms with van der Waals surface area (Å²) in [4.78, 5) is 12.0. The number of aromatic hydroxyl groups is 1. The third kappa shape index (κ3) is 3.16. The van der Waals surface area contributed by atoms with Crippen LogP contribution in [0.3, 0.4) is 0 Å². The lowest BCUT2D eigenvalue weighted by molar-refractivity contribution is -0.117. The van der Waals surface area contributed by atoms with Gasteiger partial charge in [-0.15, -0.1) is 0 Å². The molecule has 6 nitrogen and oxygen atoms in total. The zero-order chi connectivity index (χ0) is 14.7. The van der Waals surface area contributed by atoms with Gasteiger partial charge in [-0.1, -0.05) is 17.3 Å². The second-order valence-electron chi connectivity index (χ2n) is 4.69. The number of benzene rings is 1. The molecule has 2 rings (SSSR count). The molecule has 2 aromatic rings. The molecule has 4 N–H and O–H groups in total. The first kappa shape index (κ1) is 14.1. The number of aryl methyl sites for hydroxylation is 1. The Kier molecular flexibility index (Phi) is 4.05. The number of nitrogens with zero attached hydrogens (tertiary/aromatic N) is 1. The van der Waals surface area contributed by atoms with Gasteiger partial charge in [0.15, 0.2) is 0 Å². The van der Waals surface area contributed by atoms with Crippen molar-refractivity contribution >= 4 is 11.8 Å². The summed E-state index contributed by atoms with van der Waals surface area (Å²) < 4.78 is 5.01. The minimum absolute atomic E-state index is 0.180. The van der Waals surface area contributed by atoms with E-state index in [0.29, 0.717) is 12.3 Å². The van der Waals surface area contributed by atoms with Gasteiger partial charge < -0.3 is 15.4 Å². The number of phenols is 1. The summed E-state index contributed by atoms with van der Waals surface area (Å²) in [5.41, 5.74) is 8.24. The molecule has 0 spiro atoms. The van der Waals surface area contributed by atoms with Gasteiger partial charge in [-0.25, -0.2) is 0 Å². The number of nitrogens with two attached hydrogens (primary N) is 1. The molecule has 1 atom stereocenters. The number of carbonyl (C=O) groups excluding carboxylic acids is 1. The van der Waals surface area contributed by atoms with E-state index < -0.39 is 6.04 Å². The van der Waals surface area contributed by atoms with Gasteiger partial charge >= 0.3 is 0 Å². The Bertz CT molecular complexity index is 605. The third-order valence-electron chi connectivity index (χ3n) is 3.12. The second kappa shape index (κ2) is 5.75. The number of amides is 1. The Balaban J connectivity index is 1.98. The molecule has 0 aliphatic heterocycles. The standard InChI is InChI=1S/C14H17N3O3/c1-8-9(2)17-20-14(8)16-13(19)12(15)7-10-3-5-11(18)6-4-10/h3-6,12,18H,7,15H2,1-2H3,(H,16,19). The monoisotopic (exact) mass is 275 g/mol. The number of hydrogen-bond donors (Lipinski definition) is 3. The van der Waals surface area contributed by atoms with E-state index in [0.717, 1.165) is 16.8 Å². The average Bonchev–Trinajstić information content (AvgIpc) is 2.73. The average molecular weight is 275 g/mol. The summed E-state index contributed by atoms with van der Waals surface area (Å²) in [5, 5.41) is 15.6. The highest BCUT2D eigenvalue weighted by molar-refractivity contribution is 5.94. The maximum Gasteiger partial charge on any atom is 0.244 e. The number of aromatic nitrogens is 1. The highest BCUT2D eigenvalue weighted by Crippen LogP contribution is 2.18. The summed E-state index contributed by atoms with van der Waals surface area (Å²) in [6.45, 7) is 3.61. The molecule has 0 radical (unpaired) electrons. The van der Waals surface area contributed by atoms with Crippen molar-refractivity contribution in [3.8, 4) is 5.75 Å². The summed E-state index contributed by atoms with van der Waals surface area (Å²) in [7, 11) is 0. The smallest absolute Gasteiger partial charge is 0.244 e. The molecule has 6 heteroatoms. The van der Waals surface area contributed by atoms with Gasteiger partial charge in [0, 0.05) is 5.56 Å². The molecule has 20 heavy (non-hydrogen) atoms. The van der Waals surface area contributed by atoms with Crippen molar-refractivity contribution in [2.45, 2.75) is 26.3 Å². The van der Waals surface area contributed by atoms with Crippen LogP contribution in [0.4, 0.5) is 5.88 Å². The highest BCUT2D eigenvalue weighted by Gasteiger charge is 2.18. The van der Waals surface area contributed by atoms with Crippen LogP contribution in [0.5, 0.6) is 5.75 Å². The summed E-state index contributed by atoms with van der Waals surface area (Å²) in [6.07, 6.45) is 0.373. The molecule has 1 heterocycles. The zero-order valence-electron chi connectivity index (χ0n) is 11.4. The summed E-state index contributed by atoms with van der Waals surface area (Å²) in [5.74, 6) is 0.172. The van der Waals surface area contributed by atoms with Gasteiger partial charge in [-0.3, -0.25) is 10.1 Å². The zero-order valence-corrected chi connectivity index (χ0v) is 11.4. The quantitative estimate of drug-likeness (QED) is 0.785. The third-order valence-corrected chi connectivity index (χ3v) is 3.12. The van der Waals surface area contributed by atoms with Crippen LogP contribution in [0.2, 0.25) is 0 Å². The van der Waals surface area contributed by atoms with E-state index in [-0.39, 0.29) is 11.7 Å². The van der Waals surface area contributed by atoms with E-state index in [1.54, 1.807) is 31.2 Å². The number of nitrogens with one attached hydrogen (secondary N) is 1. The van der Waals surface area contributed by atoms with Gasteiger partial charge in [0.2, 0.25) is 11.8 Å². The van der Waals surface area contributed by atoms with Crippen molar-refractivity contribution in [2.75, 3.05) is 5.32 Å². The minimum Gasteiger partial charge on any atom is -0.508 e. The summed E-state index contributed by atoms with van der Waals surface area (Å²) in [6, 6.07) is 5.87. The number of phenolic OH excluding ortho intramolecular Hbond substituents is 1. The Morgan fingerprint density at radius 1 is 1.40 bits per heavy atom. The highest BCUT2D eigenvalue weighted by atomic mass is 16.5. The Labute approximate surface area is 116 Å². The van der Waals surface area contributed by atoms with E-state index in [2.05, 4.69) is 10.5 Å². The molecule has 1 unspecified atom stereocenters. The largest absolute Gasteiger partial charge is 0.508 e. The molecular weight excluding hydrogens is 258 g/mol. The predicted molar refractivity (Wildman–Crippen MR) is 74.4 cm³/mol. The van der Waals surface area contributed by atoms with Crippen LogP contribution in [0.25, 0.3) is 0 Å². The molecule has 1 amide bonds. The van der Waals surface area contributed by atoms with Crippen molar-refractivity contribution in [3.63, 3.8) is 0 Å². The van der Waals surface area contributed by atoms with Crippen LogP contribution in [-0.4, -0.2) is 22.2 Å². The van der Waals surface area contributed by atoms with Crippen molar-refractivity contribution < 1.29 is 14.4 Å². The van der Waals surface area contributed by atoms with E-state index >= 15 is 0 Å². The molecule has 0 bridgehead atoms. The second-order valence-corrected chi connectivity index (χ2v) is 4.69. The summed E-state index contributed by atoms with van der Waals surface area (Å²) >= 11 is 0. The first-order chi connectivity index (χ1) is 9.47.